The zero-order valence-corrected chi connectivity index (χ0v) is 18.4. The Morgan fingerprint density at radius 1 is 1.09 bits per heavy atom. The Kier molecular flexibility index (Phi) is 7.39. The Morgan fingerprint density at radius 3 is 2.37 bits per heavy atom. The molecule has 15 heteroatoms. The summed E-state index contributed by atoms with van der Waals surface area (Å²) in [4.78, 5) is 38.3. The van der Waals surface area contributed by atoms with E-state index in [4.69, 9.17) is 11.5 Å². The zero-order valence-electron chi connectivity index (χ0n) is 17.6. The standard InChI is InChI=1S/C20H15N9O5S/c21-9-13(19-25-15(10-35-19)11-5-7-12(8-6-11)28(31)32)17(26-27-20(22)23)18(30)24-14-3-1-2-4-16(14)29(33)34/h1-8,10,13H,(H,24,30)(H4,22,23,27)/b26-17-/t13-/m1/s1. The molecule has 0 spiro atoms. The lowest BCUT2D eigenvalue weighted by Gasteiger charge is -2.10. The molecule has 0 bridgehead atoms. The molecule has 0 aliphatic heterocycles. The molecular formula is C20H15N9O5S. The molecule has 0 saturated heterocycles. The molecule has 3 aromatic rings. The second-order valence-corrected chi connectivity index (χ2v) is 7.57. The molecule has 0 unspecified atom stereocenters. The van der Waals surface area contributed by atoms with Gasteiger partial charge in [0.05, 0.1) is 21.6 Å². The quantitative estimate of drug-likeness (QED) is 0.181. The maximum absolute atomic E-state index is 13.0. The van der Waals surface area contributed by atoms with Gasteiger partial charge in [0.2, 0.25) is 5.96 Å². The Labute approximate surface area is 200 Å². The van der Waals surface area contributed by atoms with E-state index in [-0.39, 0.29) is 22.1 Å². The van der Waals surface area contributed by atoms with Gasteiger partial charge in [0.25, 0.3) is 17.3 Å². The first-order valence-electron chi connectivity index (χ1n) is 9.52. The van der Waals surface area contributed by atoms with Gasteiger partial charge in [0, 0.05) is 29.1 Å². The van der Waals surface area contributed by atoms with Crippen molar-refractivity contribution < 1.29 is 14.6 Å². The van der Waals surface area contributed by atoms with Crippen LogP contribution in [0, 0.1) is 31.6 Å². The maximum atomic E-state index is 13.0. The minimum absolute atomic E-state index is 0.0996. The van der Waals surface area contributed by atoms with Crippen LogP contribution in [0.5, 0.6) is 0 Å². The monoisotopic (exact) mass is 493 g/mol. The van der Waals surface area contributed by atoms with E-state index in [1.807, 2.05) is 6.07 Å². The third-order valence-electron chi connectivity index (χ3n) is 4.40. The molecule has 0 fully saturated rings. The third kappa shape index (κ3) is 5.77. The highest BCUT2D eigenvalue weighted by molar-refractivity contribution is 7.10. The van der Waals surface area contributed by atoms with E-state index in [9.17, 15) is 30.3 Å². The molecule has 0 aliphatic carbocycles. The SMILES string of the molecule is N#C[C@H](/C(=N/N=C(N)N)C(=O)Nc1ccccc1[N+](=O)[O-])c1nc(-c2ccc([N+](=O)[O-])cc2)cs1. The molecule has 5 N–H and O–H groups in total. The second-order valence-electron chi connectivity index (χ2n) is 6.68. The lowest BCUT2D eigenvalue weighted by atomic mass is 10.0. The molecule has 1 atom stereocenters. The van der Waals surface area contributed by atoms with Crippen molar-refractivity contribution >= 4 is 46.0 Å². The van der Waals surface area contributed by atoms with Crippen LogP contribution in [0.3, 0.4) is 0 Å². The Hall–Kier alpha value is -5.23. The van der Waals surface area contributed by atoms with Gasteiger partial charge in [-0.25, -0.2) is 4.98 Å². The van der Waals surface area contributed by atoms with Crippen LogP contribution >= 0.6 is 11.3 Å². The van der Waals surface area contributed by atoms with Crippen LogP contribution in [0.4, 0.5) is 17.1 Å². The summed E-state index contributed by atoms with van der Waals surface area (Å²) in [6.45, 7) is 0. The van der Waals surface area contributed by atoms with Gasteiger partial charge < -0.3 is 16.8 Å². The number of hydrogen-bond acceptors (Lipinski definition) is 10. The molecule has 0 radical (unpaired) electrons. The van der Waals surface area contributed by atoms with E-state index < -0.39 is 33.3 Å². The van der Waals surface area contributed by atoms with Crippen LogP contribution in [0.2, 0.25) is 0 Å². The molecule has 1 aromatic heterocycles. The fourth-order valence-corrected chi connectivity index (χ4v) is 3.68. The van der Waals surface area contributed by atoms with Crippen molar-refractivity contribution in [2.75, 3.05) is 5.32 Å². The van der Waals surface area contributed by atoms with E-state index in [0.717, 1.165) is 11.3 Å². The van der Waals surface area contributed by atoms with Crippen molar-refractivity contribution in [3.63, 3.8) is 0 Å². The number of rotatable bonds is 8. The lowest BCUT2D eigenvalue weighted by Crippen LogP contribution is -2.29. The van der Waals surface area contributed by atoms with Gasteiger partial charge in [-0.15, -0.1) is 21.5 Å². The van der Waals surface area contributed by atoms with Crippen molar-refractivity contribution in [1.29, 1.82) is 5.26 Å². The molecule has 35 heavy (non-hydrogen) atoms. The number of thiazole rings is 1. The van der Waals surface area contributed by atoms with E-state index in [1.165, 1.54) is 48.5 Å². The molecule has 0 saturated carbocycles. The number of nitrogens with two attached hydrogens (primary N) is 2. The van der Waals surface area contributed by atoms with E-state index in [0.29, 0.717) is 11.3 Å². The van der Waals surface area contributed by atoms with Crippen LogP contribution in [0.15, 0.2) is 64.1 Å². The number of benzene rings is 2. The highest BCUT2D eigenvalue weighted by Crippen LogP contribution is 2.29. The molecule has 176 valence electrons. The average Bonchev–Trinajstić information content (AvgIpc) is 3.31. The first-order valence-corrected chi connectivity index (χ1v) is 10.4. The number of hydrogen-bond donors (Lipinski definition) is 3. The minimum atomic E-state index is -1.34. The number of nitrogens with zero attached hydrogens (tertiary/aromatic N) is 6. The van der Waals surface area contributed by atoms with Crippen LogP contribution in [0.25, 0.3) is 11.3 Å². The molecule has 1 heterocycles. The van der Waals surface area contributed by atoms with Gasteiger partial charge in [0.1, 0.15) is 16.6 Å². The summed E-state index contributed by atoms with van der Waals surface area (Å²) in [5.74, 6) is -2.77. The summed E-state index contributed by atoms with van der Waals surface area (Å²) in [5.41, 5.74) is 10.5. The fraction of sp³-hybridized carbons (Fsp3) is 0.0500. The van der Waals surface area contributed by atoms with Crippen LogP contribution in [-0.2, 0) is 4.79 Å². The van der Waals surface area contributed by atoms with Gasteiger partial charge in [0.15, 0.2) is 5.71 Å². The van der Waals surface area contributed by atoms with Gasteiger partial charge in [-0.2, -0.15) is 5.26 Å². The minimum Gasteiger partial charge on any atom is -0.369 e. The molecule has 1 amide bonds. The van der Waals surface area contributed by atoms with Crippen molar-refractivity contribution in [2.24, 2.45) is 21.7 Å². The van der Waals surface area contributed by atoms with Gasteiger partial charge in [-0.3, -0.25) is 25.0 Å². The molecule has 0 aliphatic rings. The summed E-state index contributed by atoms with van der Waals surface area (Å²) >= 11 is 1.03. The first-order chi connectivity index (χ1) is 16.7. The van der Waals surface area contributed by atoms with E-state index >= 15 is 0 Å². The normalized spacial score (nSPS) is 11.7. The van der Waals surface area contributed by atoms with Crippen LogP contribution in [0.1, 0.15) is 10.9 Å². The van der Waals surface area contributed by atoms with Crippen molar-refractivity contribution in [3.05, 3.63) is 79.1 Å². The first kappa shape index (κ1) is 24.4. The largest absolute Gasteiger partial charge is 0.369 e. The summed E-state index contributed by atoms with van der Waals surface area (Å²) < 4.78 is 0. The van der Waals surface area contributed by atoms with E-state index in [2.05, 4.69) is 20.5 Å². The highest BCUT2D eigenvalue weighted by Gasteiger charge is 2.29. The summed E-state index contributed by atoms with van der Waals surface area (Å²) in [6, 6.07) is 12.9. The predicted molar refractivity (Wildman–Crippen MR) is 128 cm³/mol. The Balaban J connectivity index is 1.96. The van der Waals surface area contributed by atoms with Crippen molar-refractivity contribution in [2.45, 2.75) is 5.92 Å². The number of para-hydroxylation sites is 2. The Bertz CT molecular complexity index is 1390. The van der Waals surface area contributed by atoms with Gasteiger partial charge >= 0.3 is 0 Å². The summed E-state index contributed by atoms with van der Waals surface area (Å²) in [6.07, 6.45) is 0. The highest BCUT2D eigenvalue weighted by atomic mass is 32.1. The average molecular weight is 493 g/mol. The van der Waals surface area contributed by atoms with Gasteiger partial charge in [-0.1, -0.05) is 12.1 Å². The maximum Gasteiger partial charge on any atom is 0.292 e. The second kappa shape index (κ2) is 10.6. The number of carbonyl (C=O) groups is 1. The number of non-ortho nitro benzene ring substituents is 1. The predicted octanol–water partition coefficient (Wildman–Crippen LogP) is 2.50. The van der Waals surface area contributed by atoms with Gasteiger partial charge in [-0.05, 0) is 18.2 Å². The number of carbonyl (C=O) groups excluding carboxylic acids is 1. The number of nitro groups is 2. The van der Waals surface area contributed by atoms with Crippen LogP contribution in [-0.4, -0.2) is 32.4 Å². The van der Waals surface area contributed by atoms with E-state index in [1.54, 1.807) is 5.38 Å². The molecule has 2 aromatic carbocycles. The number of amides is 1. The van der Waals surface area contributed by atoms with Crippen molar-refractivity contribution in [1.82, 2.24) is 4.98 Å². The third-order valence-corrected chi connectivity index (χ3v) is 5.31. The number of anilines is 1. The number of nitriles is 1. The zero-order chi connectivity index (χ0) is 25.5. The number of guanidine groups is 1. The summed E-state index contributed by atoms with van der Waals surface area (Å²) in [7, 11) is 0. The number of nitrogens with one attached hydrogen (secondary N) is 1. The summed E-state index contributed by atoms with van der Waals surface area (Å²) in [5, 5.41) is 43.2. The fourth-order valence-electron chi connectivity index (χ4n) is 2.81. The molecular weight excluding hydrogens is 478 g/mol. The molecule has 14 nitrogen and oxygen atoms in total. The van der Waals surface area contributed by atoms with Crippen LogP contribution < -0.4 is 16.8 Å². The smallest absolute Gasteiger partial charge is 0.292 e. The topological polar surface area (TPSA) is 229 Å². The molecule has 3 rings (SSSR count). The number of aromatic nitrogens is 1. The number of nitro benzene ring substituents is 2. The van der Waals surface area contributed by atoms with Crippen molar-refractivity contribution in [3.8, 4) is 17.3 Å². The lowest BCUT2D eigenvalue weighted by molar-refractivity contribution is -0.384. The Morgan fingerprint density at radius 2 is 1.77 bits per heavy atom.